The molecule has 0 radical (unpaired) electrons. The van der Waals surface area contributed by atoms with Crippen LogP contribution >= 0.6 is 34.1 Å². The van der Waals surface area contributed by atoms with Gasteiger partial charge in [-0.1, -0.05) is 31.2 Å². The molecule has 0 fully saturated rings. The molecular formula is C10H9IN2S. The average Bonchev–Trinajstić information content (AvgIpc) is 2.65. The Morgan fingerprint density at radius 2 is 2.14 bits per heavy atom. The first-order valence-electron chi connectivity index (χ1n) is 4.38. The van der Waals surface area contributed by atoms with Gasteiger partial charge < -0.3 is 0 Å². The minimum Gasteiger partial charge on any atom is -0.210 e. The van der Waals surface area contributed by atoms with E-state index in [2.05, 4.69) is 57.1 Å². The first kappa shape index (κ1) is 10.0. The van der Waals surface area contributed by atoms with Crippen LogP contribution in [0.15, 0.2) is 24.3 Å². The van der Waals surface area contributed by atoms with Crippen LogP contribution in [0.2, 0.25) is 0 Å². The van der Waals surface area contributed by atoms with Crippen molar-refractivity contribution in [2.75, 3.05) is 0 Å². The lowest BCUT2D eigenvalue weighted by molar-refractivity contribution is 1.14. The summed E-state index contributed by atoms with van der Waals surface area (Å²) in [6, 6.07) is 8.36. The van der Waals surface area contributed by atoms with Gasteiger partial charge in [0.25, 0.3) is 0 Å². The molecule has 0 aliphatic carbocycles. The van der Waals surface area contributed by atoms with E-state index in [4.69, 9.17) is 0 Å². The van der Waals surface area contributed by atoms with E-state index in [1.165, 1.54) is 22.7 Å². The molecule has 72 valence electrons. The van der Waals surface area contributed by atoms with Crippen LogP contribution in [0.5, 0.6) is 0 Å². The molecule has 0 saturated carbocycles. The Labute approximate surface area is 101 Å². The third kappa shape index (κ3) is 1.95. The van der Waals surface area contributed by atoms with Crippen molar-refractivity contribution in [2.45, 2.75) is 13.3 Å². The topological polar surface area (TPSA) is 25.8 Å². The summed E-state index contributed by atoms with van der Waals surface area (Å²) in [6.45, 7) is 2.16. The maximum absolute atomic E-state index is 4.38. The van der Waals surface area contributed by atoms with E-state index in [9.17, 15) is 0 Å². The summed E-state index contributed by atoms with van der Waals surface area (Å²) in [5.74, 6) is 0. The number of nitrogens with zero attached hydrogens (tertiary/aromatic N) is 2. The van der Waals surface area contributed by atoms with Gasteiger partial charge in [0.2, 0.25) is 3.83 Å². The van der Waals surface area contributed by atoms with Crippen LogP contribution in [0.25, 0.3) is 10.6 Å². The third-order valence-corrected chi connectivity index (χ3v) is 3.59. The van der Waals surface area contributed by atoms with Gasteiger partial charge in [-0.15, -0.1) is 0 Å². The van der Waals surface area contributed by atoms with Crippen molar-refractivity contribution in [1.82, 2.24) is 9.36 Å². The second-order valence-electron chi connectivity index (χ2n) is 2.88. The SMILES string of the molecule is CCc1ccccc1-c1nc(I)ns1. The summed E-state index contributed by atoms with van der Waals surface area (Å²) >= 11 is 3.60. The quantitative estimate of drug-likeness (QED) is 0.794. The van der Waals surface area contributed by atoms with Gasteiger partial charge in [-0.05, 0) is 23.5 Å². The molecule has 0 N–H and O–H groups in total. The molecule has 2 aromatic rings. The zero-order valence-electron chi connectivity index (χ0n) is 7.70. The Kier molecular flexibility index (Phi) is 3.12. The molecule has 14 heavy (non-hydrogen) atoms. The molecule has 0 bridgehead atoms. The van der Waals surface area contributed by atoms with Crippen molar-refractivity contribution in [3.63, 3.8) is 0 Å². The largest absolute Gasteiger partial charge is 0.210 e. The molecule has 0 saturated heterocycles. The fourth-order valence-electron chi connectivity index (χ4n) is 1.35. The van der Waals surface area contributed by atoms with Crippen LogP contribution in [-0.2, 0) is 6.42 Å². The maximum Gasteiger partial charge on any atom is 0.203 e. The molecule has 0 spiro atoms. The number of halogens is 1. The van der Waals surface area contributed by atoms with Gasteiger partial charge in [0, 0.05) is 28.2 Å². The predicted molar refractivity (Wildman–Crippen MR) is 67.4 cm³/mol. The Bertz CT molecular complexity index is 439. The van der Waals surface area contributed by atoms with Crippen molar-refractivity contribution in [3.8, 4) is 10.6 Å². The first-order chi connectivity index (χ1) is 6.81. The molecular weight excluding hydrogens is 307 g/mol. The van der Waals surface area contributed by atoms with Gasteiger partial charge in [-0.3, -0.25) is 0 Å². The Hall–Kier alpha value is -0.490. The van der Waals surface area contributed by atoms with E-state index in [-0.39, 0.29) is 0 Å². The highest BCUT2D eigenvalue weighted by Crippen LogP contribution is 2.25. The van der Waals surface area contributed by atoms with Gasteiger partial charge >= 0.3 is 0 Å². The number of aromatic nitrogens is 2. The monoisotopic (exact) mass is 316 g/mol. The maximum atomic E-state index is 4.38. The predicted octanol–water partition coefficient (Wildman–Crippen LogP) is 3.37. The average molecular weight is 316 g/mol. The zero-order chi connectivity index (χ0) is 9.97. The summed E-state index contributed by atoms with van der Waals surface area (Å²) in [7, 11) is 0. The minimum absolute atomic E-state index is 0.827. The van der Waals surface area contributed by atoms with Crippen LogP contribution < -0.4 is 0 Å². The van der Waals surface area contributed by atoms with Crippen LogP contribution in [0.3, 0.4) is 0 Å². The summed E-state index contributed by atoms with van der Waals surface area (Å²) in [6.07, 6.45) is 1.03. The highest BCUT2D eigenvalue weighted by Gasteiger charge is 2.07. The standard InChI is InChI=1S/C10H9IN2S/c1-2-7-5-3-4-6-8(7)9-12-10(11)13-14-9/h3-6H,2H2,1H3. The summed E-state index contributed by atoms with van der Waals surface area (Å²) < 4.78 is 5.01. The first-order valence-corrected chi connectivity index (χ1v) is 6.24. The van der Waals surface area contributed by atoms with E-state index in [0.29, 0.717) is 0 Å². The Balaban J connectivity index is 2.50. The number of hydrogen-bond acceptors (Lipinski definition) is 3. The van der Waals surface area contributed by atoms with Crippen LogP contribution in [-0.4, -0.2) is 9.36 Å². The second-order valence-corrected chi connectivity index (χ2v) is 4.60. The molecule has 0 atom stereocenters. The highest BCUT2D eigenvalue weighted by molar-refractivity contribution is 14.1. The molecule has 2 nitrogen and oxygen atoms in total. The van der Waals surface area contributed by atoms with E-state index in [1.807, 2.05) is 6.07 Å². The van der Waals surface area contributed by atoms with Crippen molar-refractivity contribution in [2.24, 2.45) is 0 Å². The van der Waals surface area contributed by atoms with Crippen LogP contribution in [0, 0.1) is 3.83 Å². The van der Waals surface area contributed by atoms with Crippen LogP contribution in [0.1, 0.15) is 12.5 Å². The van der Waals surface area contributed by atoms with Gasteiger partial charge in [0.05, 0.1) is 0 Å². The smallest absolute Gasteiger partial charge is 0.203 e. The normalized spacial score (nSPS) is 10.4. The van der Waals surface area contributed by atoms with Crippen molar-refractivity contribution in [3.05, 3.63) is 33.7 Å². The van der Waals surface area contributed by atoms with E-state index in [1.54, 1.807) is 0 Å². The number of benzene rings is 1. The molecule has 0 unspecified atom stereocenters. The Morgan fingerprint density at radius 1 is 1.36 bits per heavy atom. The summed E-state index contributed by atoms with van der Waals surface area (Å²) in [5, 5.41) is 1.02. The van der Waals surface area contributed by atoms with Gasteiger partial charge in [-0.2, -0.15) is 4.37 Å². The summed E-state index contributed by atoms with van der Waals surface area (Å²) in [5.41, 5.74) is 2.55. The molecule has 0 aliphatic heterocycles. The molecule has 0 aliphatic rings. The fourth-order valence-corrected chi connectivity index (χ4v) is 2.68. The molecule has 4 heteroatoms. The lowest BCUT2D eigenvalue weighted by atomic mass is 10.1. The molecule has 2 rings (SSSR count). The van der Waals surface area contributed by atoms with Crippen molar-refractivity contribution in [1.29, 1.82) is 0 Å². The van der Waals surface area contributed by atoms with Gasteiger partial charge in [-0.25, -0.2) is 4.98 Å². The molecule has 1 heterocycles. The number of aryl methyl sites for hydroxylation is 1. The number of hydrogen-bond donors (Lipinski definition) is 0. The third-order valence-electron chi connectivity index (χ3n) is 2.03. The molecule has 1 aromatic carbocycles. The minimum atomic E-state index is 0.827. The van der Waals surface area contributed by atoms with Crippen molar-refractivity contribution >= 4 is 34.1 Å². The van der Waals surface area contributed by atoms with Gasteiger partial charge in [0.1, 0.15) is 5.01 Å². The molecule has 0 amide bonds. The highest BCUT2D eigenvalue weighted by atomic mass is 127. The van der Waals surface area contributed by atoms with E-state index in [0.717, 1.165) is 15.3 Å². The van der Waals surface area contributed by atoms with E-state index < -0.39 is 0 Å². The lowest BCUT2D eigenvalue weighted by Gasteiger charge is -2.02. The van der Waals surface area contributed by atoms with Gasteiger partial charge in [0.15, 0.2) is 0 Å². The van der Waals surface area contributed by atoms with Crippen molar-refractivity contribution < 1.29 is 0 Å². The second kappa shape index (κ2) is 4.35. The Morgan fingerprint density at radius 3 is 2.79 bits per heavy atom. The molecule has 1 aromatic heterocycles. The lowest BCUT2D eigenvalue weighted by Crippen LogP contribution is -1.86. The fraction of sp³-hybridized carbons (Fsp3) is 0.200. The zero-order valence-corrected chi connectivity index (χ0v) is 10.7. The number of rotatable bonds is 2. The van der Waals surface area contributed by atoms with E-state index >= 15 is 0 Å². The van der Waals surface area contributed by atoms with Crippen LogP contribution in [0.4, 0.5) is 0 Å². The summed E-state index contributed by atoms with van der Waals surface area (Å²) in [4.78, 5) is 4.38.